The number of rotatable bonds is 7. The highest BCUT2D eigenvalue weighted by Gasteiger charge is 2.17. The van der Waals surface area contributed by atoms with Crippen LogP contribution >= 0.6 is 23.1 Å². The Morgan fingerprint density at radius 2 is 2.00 bits per heavy atom. The Bertz CT molecular complexity index is 932. The van der Waals surface area contributed by atoms with Gasteiger partial charge in [-0.1, -0.05) is 11.8 Å². The number of aryl methyl sites for hydroxylation is 1. The molecule has 0 unspecified atom stereocenters. The minimum Gasteiger partial charge on any atom is -0.497 e. The van der Waals surface area contributed by atoms with Crippen molar-refractivity contribution in [1.82, 2.24) is 14.8 Å². The number of nitrogens with one attached hydrogen (secondary N) is 1. The number of ether oxygens (including phenoxy) is 1. The predicted octanol–water partition coefficient (Wildman–Crippen LogP) is 4.38. The summed E-state index contributed by atoms with van der Waals surface area (Å²) in [4.78, 5) is 13.5. The predicted molar refractivity (Wildman–Crippen MR) is 111 cm³/mol. The van der Waals surface area contributed by atoms with Crippen molar-refractivity contribution < 1.29 is 9.53 Å². The van der Waals surface area contributed by atoms with Crippen molar-refractivity contribution >= 4 is 34.7 Å². The number of aromatic nitrogens is 3. The molecule has 142 valence electrons. The first kappa shape index (κ1) is 19.4. The molecule has 0 radical (unpaired) electrons. The summed E-state index contributed by atoms with van der Waals surface area (Å²) >= 11 is 3.11. The molecule has 6 nitrogen and oxygen atoms in total. The largest absolute Gasteiger partial charge is 0.497 e. The van der Waals surface area contributed by atoms with Gasteiger partial charge in [0, 0.05) is 28.1 Å². The number of thioether (sulfide) groups is 1. The zero-order chi connectivity index (χ0) is 19.4. The van der Waals surface area contributed by atoms with Crippen LogP contribution in [0.3, 0.4) is 0 Å². The number of anilines is 1. The first-order chi connectivity index (χ1) is 13.0. The van der Waals surface area contributed by atoms with Gasteiger partial charge >= 0.3 is 0 Å². The third-order valence-corrected chi connectivity index (χ3v) is 6.25. The molecule has 0 aliphatic carbocycles. The summed E-state index contributed by atoms with van der Waals surface area (Å²) in [7, 11) is 1.61. The number of methoxy groups -OCH3 is 1. The maximum atomic E-state index is 12.3. The summed E-state index contributed by atoms with van der Waals surface area (Å²) in [5.74, 6) is 1.80. The number of hydrogen-bond donors (Lipinski definition) is 1. The smallest absolute Gasteiger partial charge is 0.234 e. The van der Waals surface area contributed by atoms with Crippen LogP contribution in [0.5, 0.6) is 5.75 Å². The molecule has 0 saturated carbocycles. The molecule has 0 fully saturated rings. The van der Waals surface area contributed by atoms with Crippen molar-refractivity contribution in [3.05, 3.63) is 40.1 Å². The Morgan fingerprint density at radius 3 is 2.59 bits per heavy atom. The van der Waals surface area contributed by atoms with Crippen LogP contribution in [0, 0.1) is 13.8 Å². The Balaban J connectivity index is 1.67. The molecule has 1 amide bonds. The number of carbonyl (C=O) groups excluding carboxylic acids is 1. The number of hydrogen-bond acceptors (Lipinski definition) is 6. The third kappa shape index (κ3) is 4.33. The van der Waals surface area contributed by atoms with Gasteiger partial charge < -0.3 is 14.6 Å². The van der Waals surface area contributed by atoms with E-state index in [9.17, 15) is 4.79 Å². The zero-order valence-electron chi connectivity index (χ0n) is 15.8. The topological polar surface area (TPSA) is 69.0 Å². The summed E-state index contributed by atoms with van der Waals surface area (Å²) in [6.07, 6.45) is 0. The average Bonchev–Trinajstić information content (AvgIpc) is 3.23. The van der Waals surface area contributed by atoms with Crippen LogP contribution in [0.15, 0.2) is 34.8 Å². The van der Waals surface area contributed by atoms with Crippen molar-refractivity contribution in [2.24, 2.45) is 0 Å². The fourth-order valence-corrected chi connectivity index (χ4v) is 4.28. The molecule has 0 aliphatic rings. The van der Waals surface area contributed by atoms with E-state index >= 15 is 0 Å². The van der Waals surface area contributed by atoms with Crippen molar-refractivity contribution in [2.75, 3.05) is 18.2 Å². The Labute approximate surface area is 167 Å². The number of nitrogens with zero attached hydrogens (tertiary/aromatic N) is 3. The normalized spacial score (nSPS) is 10.8. The molecule has 0 spiro atoms. The summed E-state index contributed by atoms with van der Waals surface area (Å²) in [6.45, 7) is 7.02. The highest BCUT2D eigenvalue weighted by Crippen LogP contribution is 2.31. The minimum atomic E-state index is -0.0834. The second-order valence-corrected chi connectivity index (χ2v) is 7.97. The van der Waals surface area contributed by atoms with Gasteiger partial charge in [0.15, 0.2) is 11.0 Å². The molecule has 0 atom stereocenters. The monoisotopic (exact) mass is 402 g/mol. The molecule has 2 aromatic heterocycles. The van der Waals surface area contributed by atoms with Crippen molar-refractivity contribution in [2.45, 2.75) is 32.5 Å². The van der Waals surface area contributed by atoms with Crippen molar-refractivity contribution in [3.8, 4) is 17.1 Å². The maximum absolute atomic E-state index is 12.3. The molecular weight excluding hydrogens is 380 g/mol. The van der Waals surface area contributed by atoms with Crippen LogP contribution in [-0.2, 0) is 11.3 Å². The first-order valence-corrected chi connectivity index (χ1v) is 10.4. The highest BCUT2D eigenvalue weighted by atomic mass is 32.2. The van der Waals surface area contributed by atoms with Crippen LogP contribution in [-0.4, -0.2) is 33.5 Å². The Morgan fingerprint density at radius 1 is 1.26 bits per heavy atom. The fraction of sp³-hybridized carbons (Fsp3) is 0.316. The Kier molecular flexibility index (Phi) is 6.18. The number of carbonyl (C=O) groups is 1. The summed E-state index contributed by atoms with van der Waals surface area (Å²) in [6, 6.07) is 7.26. The van der Waals surface area contributed by atoms with Crippen LogP contribution in [0.4, 0.5) is 5.69 Å². The van der Waals surface area contributed by atoms with Gasteiger partial charge in [0.1, 0.15) is 5.75 Å². The SMILES string of the molecule is CCn1c(SCC(=O)Nc2ccc(OC)cc2)nnc1-c1csc(C)c1C. The lowest BCUT2D eigenvalue weighted by molar-refractivity contribution is -0.113. The van der Waals surface area contributed by atoms with Gasteiger partial charge in [0.2, 0.25) is 5.91 Å². The first-order valence-electron chi connectivity index (χ1n) is 8.58. The summed E-state index contributed by atoms with van der Waals surface area (Å²) in [5, 5.41) is 14.4. The van der Waals surface area contributed by atoms with E-state index in [2.05, 4.69) is 46.2 Å². The van der Waals surface area contributed by atoms with Gasteiger partial charge in [-0.05, 0) is 50.6 Å². The van der Waals surface area contributed by atoms with E-state index < -0.39 is 0 Å². The lowest BCUT2D eigenvalue weighted by Gasteiger charge is -2.08. The van der Waals surface area contributed by atoms with E-state index in [0.717, 1.165) is 34.5 Å². The lowest BCUT2D eigenvalue weighted by Crippen LogP contribution is -2.14. The number of amides is 1. The minimum absolute atomic E-state index is 0.0834. The molecular formula is C19H22N4O2S2. The molecule has 27 heavy (non-hydrogen) atoms. The van der Waals surface area contributed by atoms with Crippen LogP contribution in [0.1, 0.15) is 17.4 Å². The second kappa shape index (κ2) is 8.58. The quantitative estimate of drug-likeness (QED) is 0.594. The van der Waals surface area contributed by atoms with E-state index in [1.54, 1.807) is 18.4 Å². The van der Waals surface area contributed by atoms with E-state index in [-0.39, 0.29) is 11.7 Å². The number of benzene rings is 1. The molecule has 3 rings (SSSR count). The fourth-order valence-electron chi connectivity index (χ4n) is 2.62. The standard InChI is InChI=1S/C19H22N4O2S2/c1-5-23-18(16-10-26-13(3)12(16)2)21-22-19(23)27-11-17(24)20-14-6-8-15(25-4)9-7-14/h6-10H,5,11H2,1-4H3,(H,20,24). The molecule has 1 aromatic carbocycles. The highest BCUT2D eigenvalue weighted by molar-refractivity contribution is 7.99. The van der Waals surface area contributed by atoms with E-state index in [1.807, 2.05) is 24.3 Å². The molecule has 3 aromatic rings. The van der Waals surface area contributed by atoms with E-state index in [1.165, 1.54) is 22.2 Å². The average molecular weight is 403 g/mol. The second-order valence-electron chi connectivity index (χ2n) is 5.95. The number of thiophene rings is 1. The van der Waals surface area contributed by atoms with Crippen molar-refractivity contribution in [1.29, 1.82) is 0 Å². The lowest BCUT2D eigenvalue weighted by atomic mass is 10.1. The van der Waals surface area contributed by atoms with Crippen LogP contribution in [0.2, 0.25) is 0 Å². The zero-order valence-corrected chi connectivity index (χ0v) is 17.4. The van der Waals surface area contributed by atoms with Gasteiger partial charge in [0.05, 0.1) is 12.9 Å². The van der Waals surface area contributed by atoms with Crippen LogP contribution < -0.4 is 10.1 Å². The summed E-state index contributed by atoms with van der Waals surface area (Å²) < 4.78 is 7.17. The van der Waals surface area contributed by atoms with E-state index in [4.69, 9.17) is 4.74 Å². The van der Waals surface area contributed by atoms with Gasteiger partial charge in [-0.25, -0.2) is 0 Å². The van der Waals surface area contributed by atoms with E-state index in [0.29, 0.717) is 0 Å². The maximum Gasteiger partial charge on any atom is 0.234 e. The van der Waals surface area contributed by atoms with Crippen LogP contribution in [0.25, 0.3) is 11.4 Å². The molecule has 0 saturated heterocycles. The van der Waals surface area contributed by atoms with Crippen molar-refractivity contribution in [3.63, 3.8) is 0 Å². The Hall–Kier alpha value is -2.32. The molecule has 0 bridgehead atoms. The molecule has 1 N–H and O–H groups in total. The molecule has 8 heteroatoms. The van der Waals surface area contributed by atoms with Gasteiger partial charge in [-0.2, -0.15) is 0 Å². The van der Waals surface area contributed by atoms with Gasteiger partial charge in [0.25, 0.3) is 0 Å². The summed E-state index contributed by atoms with van der Waals surface area (Å²) in [5.41, 5.74) is 3.08. The van der Waals surface area contributed by atoms with Gasteiger partial charge in [-0.3, -0.25) is 4.79 Å². The molecule has 2 heterocycles. The molecule has 0 aliphatic heterocycles. The van der Waals surface area contributed by atoms with Gasteiger partial charge in [-0.15, -0.1) is 21.5 Å². The third-order valence-electron chi connectivity index (χ3n) is 4.27.